The Hall–Kier alpha value is -3.34. The van der Waals surface area contributed by atoms with Crippen molar-refractivity contribution < 1.29 is 23.9 Å². The minimum atomic E-state index is -0.980. The van der Waals surface area contributed by atoms with Gasteiger partial charge in [-0.25, -0.2) is 9.59 Å². The van der Waals surface area contributed by atoms with Crippen molar-refractivity contribution >= 4 is 23.9 Å². The van der Waals surface area contributed by atoms with Gasteiger partial charge in [0, 0.05) is 26.2 Å². The topological polar surface area (TPSA) is 123 Å². The number of benzene rings is 1. The lowest BCUT2D eigenvalue weighted by molar-refractivity contribution is -0.151. The lowest BCUT2D eigenvalue weighted by Crippen LogP contribution is -2.64. The molecule has 0 aromatic heterocycles. The van der Waals surface area contributed by atoms with Crippen LogP contribution in [0.1, 0.15) is 63.6 Å². The van der Waals surface area contributed by atoms with E-state index in [-0.39, 0.29) is 42.9 Å². The van der Waals surface area contributed by atoms with E-state index in [0.29, 0.717) is 19.6 Å². The van der Waals surface area contributed by atoms with Crippen molar-refractivity contribution in [1.82, 2.24) is 30.7 Å². The Morgan fingerprint density at radius 2 is 1.68 bits per heavy atom. The van der Waals surface area contributed by atoms with Crippen molar-refractivity contribution in [3.05, 3.63) is 35.4 Å². The van der Waals surface area contributed by atoms with Crippen LogP contribution in [0.25, 0.3) is 0 Å². The van der Waals surface area contributed by atoms with Gasteiger partial charge in [-0.05, 0) is 63.1 Å². The lowest BCUT2D eigenvalue weighted by atomic mass is 9.88. The Bertz CT molecular complexity index is 1070. The average molecular weight is 557 g/mol. The van der Waals surface area contributed by atoms with Gasteiger partial charge >= 0.3 is 12.1 Å². The molecule has 0 spiro atoms. The molecule has 0 radical (unpaired) electrons. The highest BCUT2D eigenvalue weighted by Gasteiger charge is 2.40. The third-order valence-electron chi connectivity index (χ3n) is 8.23. The molecule has 2 fully saturated rings. The van der Waals surface area contributed by atoms with Crippen molar-refractivity contribution in [3.8, 4) is 0 Å². The van der Waals surface area contributed by atoms with E-state index < -0.39 is 24.4 Å². The highest BCUT2D eigenvalue weighted by Crippen LogP contribution is 2.29. The third kappa shape index (κ3) is 6.86. The number of piperazine rings is 1. The van der Waals surface area contributed by atoms with Crippen molar-refractivity contribution in [2.24, 2.45) is 5.92 Å². The molecule has 3 aliphatic rings. The molecule has 5 amide bonds. The summed E-state index contributed by atoms with van der Waals surface area (Å²) in [6.45, 7) is 7.45. The molecular formula is C29H44N6O5. The summed E-state index contributed by atoms with van der Waals surface area (Å²) in [7, 11) is 1.68. The number of alkyl carbamates (subject to hydrolysis) is 1. The van der Waals surface area contributed by atoms with Crippen LogP contribution >= 0.6 is 0 Å². The van der Waals surface area contributed by atoms with Gasteiger partial charge in [-0.2, -0.15) is 0 Å². The zero-order valence-corrected chi connectivity index (χ0v) is 24.2. The van der Waals surface area contributed by atoms with Crippen LogP contribution in [-0.4, -0.2) is 96.7 Å². The number of ether oxygens (including phenoxy) is 1. The predicted octanol–water partition coefficient (Wildman–Crippen LogP) is 2.23. The number of rotatable bonds is 7. The first-order valence-corrected chi connectivity index (χ1v) is 14.6. The maximum atomic E-state index is 13.8. The van der Waals surface area contributed by atoms with Crippen LogP contribution in [0.2, 0.25) is 0 Å². The highest BCUT2D eigenvalue weighted by atomic mass is 16.6. The van der Waals surface area contributed by atoms with Crippen LogP contribution in [0.4, 0.5) is 9.59 Å². The number of aryl methyl sites for hydroxylation is 1. The van der Waals surface area contributed by atoms with Gasteiger partial charge in [-0.3, -0.25) is 9.59 Å². The number of carbonyl (C=O) groups excluding carboxylic acids is 4. The molecular weight excluding hydrogens is 512 g/mol. The molecule has 220 valence electrons. The lowest BCUT2D eigenvalue weighted by Gasteiger charge is -2.43. The van der Waals surface area contributed by atoms with Crippen molar-refractivity contribution in [3.63, 3.8) is 0 Å². The Balaban J connectivity index is 1.51. The third-order valence-corrected chi connectivity index (χ3v) is 8.23. The number of nitrogens with zero attached hydrogens (tertiary/aromatic N) is 3. The van der Waals surface area contributed by atoms with Gasteiger partial charge < -0.3 is 35.4 Å². The van der Waals surface area contributed by atoms with Crippen molar-refractivity contribution in [1.29, 1.82) is 0 Å². The van der Waals surface area contributed by atoms with Gasteiger partial charge in [-0.1, -0.05) is 38.1 Å². The molecule has 0 bridgehead atoms. The summed E-state index contributed by atoms with van der Waals surface area (Å²) in [5.41, 5.74) is 2.29. The molecule has 11 heteroatoms. The summed E-state index contributed by atoms with van der Waals surface area (Å²) in [4.78, 5) is 57.9. The molecule has 4 atom stereocenters. The zero-order chi connectivity index (χ0) is 28.8. The summed E-state index contributed by atoms with van der Waals surface area (Å²) in [6, 6.07) is 6.50. The monoisotopic (exact) mass is 556 g/mol. The number of carbonyl (C=O) groups is 4. The van der Waals surface area contributed by atoms with Crippen LogP contribution in [0, 0.1) is 5.92 Å². The Morgan fingerprint density at radius 3 is 2.38 bits per heavy atom. The number of hydrogen-bond donors (Lipinski definition) is 3. The number of hydrogen-bond acceptors (Lipinski definition) is 6. The van der Waals surface area contributed by atoms with E-state index in [4.69, 9.17) is 4.74 Å². The fourth-order valence-corrected chi connectivity index (χ4v) is 5.69. The van der Waals surface area contributed by atoms with Crippen LogP contribution in [-0.2, 0) is 20.7 Å². The largest absolute Gasteiger partial charge is 0.423 e. The molecule has 2 aliphatic heterocycles. The van der Waals surface area contributed by atoms with Crippen molar-refractivity contribution in [2.45, 2.75) is 77.2 Å². The maximum Gasteiger partial charge on any atom is 0.409 e. The van der Waals surface area contributed by atoms with E-state index in [1.807, 2.05) is 36.9 Å². The van der Waals surface area contributed by atoms with Crippen LogP contribution < -0.4 is 16.0 Å². The molecule has 4 rings (SSSR count). The first-order chi connectivity index (χ1) is 19.2. The smallest absolute Gasteiger partial charge is 0.409 e. The fraction of sp³-hybridized carbons (Fsp3) is 0.655. The van der Waals surface area contributed by atoms with E-state index in [9.17, 15) is 19.2 Å². The molecule has 0 saturated carbocycles. The maximum absolute atomic E-state index is 13.8. The molecule has 1 aromatic rings. The standard InChI is InChI=1S/C29H44N6O5/c1-19(2)25(32-26(36)20(3)30-4)27(37)35-17-16-34(29(39)33-14-7-8-15-33)18-24(35)40-28(38)31-23-13-9-11-21-10-5-6-12-22(21)23/h5-6,10,12,19-20,23-25,30H,7-9,11,13-18H2,1-4H3,(H,31,38)(H,32,36)/t20-,23?,24-,25-/m0/s1. The van der Waals surface area contributed by atoms with Crippen molar-refractivity contribution in [2.75, 3.05) is 39.8 Å². The normalized spacial score (nSPS) is 22.4. The Kier molecular flexibility index (Phi) is 9.89. The molecule has 40 heavy (non-hydrogen) atoms. The van der Waals surface area contributed by atoms with E-state index >= 15 is 0 Å². The van der Waals surface area contributed by atoms with Gasteiger partial charge in [0.25, 0.3) is 0 Å². The molecule has 1 aromatic carbocycles. The summed E-state index contributed by atoms with van der Waals surface area (Å²) in [6.07, 6.45) is 3.04. The molecule has 1 aliphatic carbocycles. The molecule has 2 heterocycles. The van der Waals surface area contributed by atoms with Gasteiger partial charge in [0.2, 0.25) is 11.8 Å². The minimum Gasteiger partial charge on any atom is -0.423 e. The minimum absolute atomic E-state index is 0.0709. The number of likely N-dealkylation sites (tertiary alicyclic amines) is 1. The predicted molar refractivity (Wildman–Crippen MR) is 150 cm³/mol. The van der Waals surface area contributed by atoms with Crippen LogP contribution in [0.3, 0.4) is 0 Å². The summed E-state index contributed by atoms with van der Waals surface area (Å²) in [5.74, 6) is -0.817. The fourth-order valence-electron chi connectivity index (χ4n) is 5.69. The van der Waals surface area contributed by atoms with E-state index in [1.54, 1.807) is 18.9 Å². The van der Waals surface area contributed by atoms with Gasteiger partial charge in [0.1, 0.15) is 6.04 Å². The number of urea groups is 1. The van der Waals surface area contributed by atoms with Gasteiger partial charge in [-0.15, -0.1) is 0 Å². The second kappa shape index (κ2) is 13.3. The Labute approximate surface area is 236 Å². The second-order valence-corrected chi connectivity index (χ2v) is 11.3. The number of nitrogens with one attached hydrogen (secondary N) is 3. The second-order valence-electron chi connectivity index (χ2n) is 11.3. The average Bonchev–Trinajstić information content (AvgIpc) is 3.50. The zero-order valence-electron chi connectivity index (χ0n) is 24.2. The van der Waals surface area contributed by atoms with Crippen LogP contribution in [0.5, 0.6) is 0 Å². The number of fused-ring (bicyclic) bond motifs is 1. The Morgan fingerprint density at radius 1 is 0.950 bits per heavy atom. The quantitative estimate of drug-likeness (QED) is 0.473. The SMILES string of the molecule is CN[C@@H](C)C(=O)N[C@H](C(=O)N1CCN(C(=O)N2CCCC2)C[C@@H]1OC(=O)NC1CCCc2ccccc21)C(C)C. The summed E-state index contributed by atoms with van der Waals surface area (Å²) < 4.78 is 5.91. The van der Waals surface area contributed by atoms with Gasteiger partial charge in [0.15, 0.2) is 6.23 Å². The number of amides is 5. The number of likely N-dealkylation sites (N-methyl/N-ethyl adjacent to an activating group) is 1. The highest BCUT2D eigenvalue weighted by molar-refractivity contribution is 5.90. The first kappa shape index (κ1) is 29.6. The molecule has 3 N–H and O–H groups in total. The molecule has 11 nitrogen and oxygen atoms in total. The van der Waals surface area contributed by atoms with E-state index in [2.05, 4.69) is 22.0 Å². The molecule has 1 unspecified atom stereocenters. The molecule has 2 saturated heterocycles. The van der Waals surface area contributed by atoms with Gasteiger partial charge in [0.05, 0.1) is 18.6 Å². The van der Waals surface area contributed by atoms with E-state index in [0.717, 1.165) is 37.7 Å². The van der Waals surface area contributed by atoms with Crippen LogP contribution in [0.15, 0.2) is 24.3 Å². The first-order valence-electron chi connectivity index (χ1n) is 14.6. The van der Waals surface area contributed by atoms with E-state index in [1.165, 1.54) is 10.5 Å². The summed E-state index contributed by atoms with van der Waals surface area (Å²) in [5, 5.41) is 8.74. The summed E-state index contributed by atoms with van der Waals surface area (Å²) >= 11 is 0.